The zero-order chi connectivity index (χ0) is 32.1. The predicted molar refractivity (Wildman–Crippen MR) is 206 cm³/mol. The molecular formula is C46H34N2. The number of hydrogen-bond donors (Lipinski definition) is 0. The van der Waals surface area contributed by atoms with Crippen LogP contribution >= 0.6 is 0 Å². The highest BCUT2D eigenvalue weighted by molar-refractivity contribution is 6.00. The SMILES string of the molecule is C(=C\c1ccc2cc(N(c3ccccc3)c3cccc4ccccc34)ccc2c1)/c1ccc(N(c2ccccc2)c2ccccc2)cc1. The van der Waals surface area contributed by atoms with Crippen LogP contribution < -0.4 is 9.80 Å². The summed E-state index contributed by atoms with van der Waals surface area (Å²) in [7, 11) is 0. The lowest BCUT2D eigenvalue weighted by Crippen LogP contribution is -2.10. The Morgan fingerprint density at radius 1 is 0.292 bits per heavy atom. The summed E-state index contributed by atoms with van der Waals surface area (Å²) in [5.74, 6) is 0. The van der Waals surface area contributed by atoms with Gasteiger partial charge in [-0.25, -0.2) is 0 Å². The largest absolute Gasteiger partial charge is 0.311 e. The summed E-state index contributed by atoms with van der Waals surface area (Å²) in [6.07, 6.45) is 4.38. The lowest BCUT2D eigenvalue weighted by molar-refractivity contribution is 1.28. The maximum Gasteiger partial charge on any atom is 0.0540 e. The number of hydrogen-bond acceptors (Lipinski definition) is 2. The van der Waals surface area contributed by atoms with Gasteiger partial charge in [-0.05, 0) is 100 Å². The van der Waals surface area contributed by atoms with Crippen LogP contribution in [0.2, 0.25) is 0 Å². The third kappa shape index (κ3) is 5.95. The van der Waals surface area contributed by atoms with Crippen molar-refractivity contribution in [2.75, 3.05) is 9.80 Å². The molecule has 8 aromatic carbocycles. The quantitative estimate of drug-likeness (QED) is 0.157. The van der Waals surface area contributed by atoms with E-state index in [4.69, 9.17) is 0 Å². The highest BCUT2D eigenvalue weighted by Gasteiger charge is 2.15. The Hall–Kier alpha value is -6.38. The molecule has 0 saturated carbocycles. The molecule has 8 aromatic rings. The number of fused-ring (bicyclic) bond motifs is 2. The van der Waals surface area contributed by atoms with Gasteiger partial charge in [-0.15, -0.1) is 0 Å². The van der Waals surface area contributed by atoms with Crippen molar-refractivity contribution in [1.29, 1.82) is 0 Å². The van der Waals surface area contributed by atoms with Crippen LogP contribution in [0.5, 0.6) is 0 Å². The molecule has 8 rings (SSSR count). The highest BCUT2D eigenvalue weighted by Crippen LogP contribution is 2.40. The van der Waals surface area contributed by atoms with E-state index in [1.165, 1.54) is 32.8 Å². The number of para-hydroxylation sites is 3. The number of anilines is 6. The molecule has 0 bridgehead atoms. The maximum atomic E-state index is 2.36. The molecule has 228 valence electrons. The lowest BCUT2D eigenvalue weighted by Gasteiger charge is -2.27. The Labute approximate surface area is 282 Å². The molecule has 2 heteroatoms. The molecule has 48 heavy (non-hydrogen) atoms. The summed E-state index contributed by atoms with van der Waals surface area (Å²) >= 11 is 0. The van der Waals surface area contributed by atoms with Crippen LogP contribution in [-0.2, 0) is 0 Å². The first kappa shape index (κ1) is 29.1. The van der Waals surface area contributed by atoms with Crippen molar-refractivity contribution in [3.8, 4) is 0 Å². The van der Waals surface area contributed by atoms with E-state index in [1.807, 2.05) is 0 Å². The molecule has 0 N–H and O–H groups in total. The molecular weight excluding hydrogens is 581 g/mol. The van der Waals surface area contributed by atoms with Gasteiger partial charge in [0, 0.05) is 33.8 Å². The molecule has 0 aliphatic heterocycles. The first-order valence-corrected chi connectivity index (χ1v) is 16.4. The van der Waals surface area contributed by atoms with Crippen LogP contribution in [0.15, 0.2) is 194 Å². The van der Waals surface area contributed by atoms with Crippen molar-refractivity contribution in [3.05, 3.63) is 205 Å². The average molecular weight is 615 g/mol. The fourth-order valence-corrected chi connectivity index (χ4v) is 6.43. The van der Waals surface area contributed by atoms with E-state index in [-0.39, 0.29) is 0 Å². The van der Waals surface area contributed by atoms with Gasteiger partial charge >= 0.3 is 0 Å². The fourth-order valence-electron chi connectivity index (χ4n) is 6.43. The molecule has 0 spiro atoms. The third-order valence-electron chi connectivity index (χ3n) is 8.78. The van der Waals surface area contributed by atoms with Crippen molar-refractivity contribution in [2.24, 2.45) is 0 Å². The van der Waals surface area contributed by atoms with Crippen molar-refractivity contribution in [2.45, 2.75) is 0 Å². The van der Waals surface area contributed by atoms with Crippen LogP contribution in [-0.4, -0.2) is 0 Å². The Morgan fingerprint density at radius 3 is 1.46 bits per heavy atom. The summed E-state index contributed by atoms with van der Waals surface area (Å²) in [5.41, 5.74) is 9.15. The Morgan fingerprint density at radius 2 is 0.771 bits per heavy atom. The average Bonchev–Trinajstić information content (AvgIpc) is 3.16. The second-order valence-electron chi connectivity index (χ2n) is 11.9. The highest BCUT2D eigenvalue weighted by atomic mass is 15.1. The molecule has 0 aliphatic rings. The van der Waals surface area contributed by atoms with Crippen LogP contribution in [0.1, 0.15) is 11.1 Å². The molecule has 0 saturated heterocycles. The summed E-state index contributed by atoms with van der Waals surface area (Å²) in [6, 6.07) is 69.0. The zero-order valence-electron chi connectivity index (χ0n) is 26.5. The maximum absolute atomic E-state index is 2.36. The summed E-state index contributed by atoms with van der Waals surface area (Å²) in [4.78, 5) is 4.64. The molecule has 0 fully saturated rings. The van der Waals surface area contributed by atoms with Gasteiger partial charge in [0.15, 0.2) is 0 Å². The Kier molecular flexibility index (Phi) is 7.96. The van der Waals surface area contributed by atoms with Gasteiger partial charge in [0.25, 0.3) is 0 Å². The van der Waals surface area contributed by atoms with Crippen LogP contribution in [0.3, 0.4) is 0 Å². The fraction of sp³-hybridized carbons (Fsp3) is 0. The van der Waals surface area contributed by atoms with Gasteiger partial charge in [-0.3, -0.25) is 0 Å². The van der Waals surface area contributed by atoms with Crippen molar-refractivity contribution < 1.29 is 0 Å². The van der Waals surface area contributed by atoms with Gasteiger partial charge in [-0.2, -0.15) is 0 Å². The second kappa shape index (κ2) is 13.2. The number of benzene rings is 8. The van der Waals surface area contributed by atoms with Crippen molar-refractivity contribution >= 4 is 67.8 Å². The minimum Gasteiger partial charge on any atom is -0.311 e. The van der Waals surface area contributed by atoms with E-state index in [2.05, 4.69) is 216 Å². The molecule has 0 atom stereocenters. The van der Waals surface area contributed by atoms with Gasteiger partial charge in [0.1, 0.15) is 0 Å². The molecule has 0 heterocycles. The minimum atomic E-state index is 1.12. The van der Waals surface area contributed by atoms with E-state index >= 15 is 0 Å². The summed E-state index contributed by atoms with van der Waals surface area (Å²) < 4.78 is 0. The van der Waals surface area contributed by atoms with E-state index in [0.29, 0.717) is 0 Å². The minimum absolute atomic E-state index is 1.12. The molecule has 0 aliphatic carbocycles. The normalized spacial score (nSPS) is 11.2. The van der Waals surface area contributed by atoms with Gasteiger partial charge in [0.05, 0.1) is 5.69 Å². The van der Waals surface area contributed by atoms with Gasteiger partial charge in [-0.1, -0.05) is 133 Å². The van der Waals surface area contributed by atoms with E-state index < -0.39 is 0 Å². The lowest BCUT2D eigenvalue weighted by atomic mass is 10.0. The molecule has 2 nitrogen and oxygen atoms in total. The smallest absolute Gasteiger partial charge is 0.0540 e. The molecule has 0 unspecified atom stereocenters. The number of nitrogens with zero attached hydrogens (tertiary/aromatic N) is 2. The van der Waals surface area contributed by atoms with Crippen molar-refractivity contribution in [1.82, 2.24) is 0 Å². The third-order valence-corrected chi connectivity index (χ3v) is 8.78. The van der Waals surface area contributed by atoms with Gasteiger partial charge < -0.3 is 9.80 Å². The second-order valence-corrected chi connectivity index (χ2v) is 11.9. The van der Waals surface area contributed by atoms with Gasteiger partial charge in [0.2, 0.25) is 0 Å². The zero-order valence-corrected chi connectivity index (χ0v) is 26.5. The topological polar surface area (TPSA) is 6.48 Å². The monoisotopic (exact) mass is 614 g/mol. The summed E-state index contributed by atoms with van der Waals surface area (Å²) in [6.45, 7) is 0. The number of rotatable bonds is 8. The van der Waals surface area contributed by atoms with E-state index in [1.54, 1.807) is 0 Å². The Balaban J connectivity index is 1.08. The first-order valence-electron chi connectivity index (χ1n) is 16.4. The van der Waals surface area contributed by atoms with Crippen LogP contribution in [0.25, 0.3) is 33.7 Å². The molecule has 0 aromatic heterocycles. The standard InChI is InChI=1S/C46H34N2/c1-4-15-40(16-5-1)47(41-17-6-2-7-18-41)43-30-26-35(27-31-43)23-24-36-25-28-39-34-44(32-29-38(39)33-36)48(42-19-8-3-9-20-42)46-22-12-14-37-13-10-11-21-45(37)46/h1-34H/b24-23+. The van der Waals surface area contributed by atoms with Crippen LogP contribution in [0.4, 0.5) is 34.1 Å². The Bertz CT molecular complexity index is 2280. The van der Waals surface area contributed by atoms with E-state index in [0.717, 1.165) is 34.0 Å². The molecule has 0 amide bonds. The van der Waals surface area contributed by atoms with E-state index in [9.17, 15) is 0 Å². The summed E-state index contributed by atoms with van der Waals surface area (Å²) in [5, 5.41) is 4.87. The van der Waals surface area contributed by atoms with Crippen molar-refractivity contribution in [3.63, 3.8) is 0 Å². The molecule has 0 radical (unpaired) electrons. The first-order chi connectivity index (χ1) is 23.8. The predicted octanol–water partition coefficient (Wildman–Crippen LogP) is 13.1. The van der Waals surface area contributed by atoms with Crippen LogP contribution in [0, 0.1) is 0 Å².